The molecule has 4 heteroatoms. The molecule has 0 radical (unpaired) electrons. The molecule has 1 unspecified atom stereocenters. The van der Waals surface area contributed by atoms with Crippen molar-refractivity contribution in [2.45, 2.75) is 38.1 Å². The molecule has 3 rings (SSSR count). The Morgan fingerprint density at radius 2 is 1.95 bits per heavy atom. The second-order valence-corrected chi connectivity index (χ2v) is 7.48. The molecule has 1 aromatic carbocycles. The van der Waals surface area contributed by atoms with E-state index in [9.17, 15) is 0 Å². The molecule has 0 amide bonds. The van der Waals surface area contributed by atoms with Crippen molar-refractivity contribution in [2.75, 3.05) is 7.05 Å². The largest absolute Gasteiger partial charge is 0.309 e. The number of aryl methyl sites for hydroxylation is 2. The van der Waals surface area contributed by atoms with E-state index in [4.69, 9.17) is 23.2 Å². The third kappa shape index (κ3) is 3.14. The summed E-state index contributed by atoms with van der Waals surface area (Å²) in [6.07, 6.45) is 6.41. The Morgan fingerprint density at radius 3 is 2.76 bits per heavy atom. The molecule has 0 saturated carbocycles. The zero-order valence-corrected chi connectivity index (χ0v) is 14.4. The van der Waals surface area contributed by atoms with Gasteiger partial charge in [-0.25, -0.2) is 0 Å². The number of fused-ring (bicyclic) bond motifs is 1. The van der Waals surface area contributed by atoms with E-state index < -0.39 is 0 Å². The zero-order valence-electron chi connectivity index (χ0n) is 12.1. The van der Waals surface area contributed by atoms with Gasteiger partial charge in [0.2, 0.25) is 0 Å². The van der Waals surface area contributed by atoms with E-state index in [1.54, 1.807) is 4.88 Å². The molecule has 1 aliphatic rings. The van der Waals surface area contributed by atoms with Crippen LogP contribution in [0.15, 0.2) is 24.3 Å². The number of rotatable bonds is 3. The van der Waals surface area contributed by atoms with Crippen LogP contribution in [-0.4, -0.2) is 7.05 Å². The molecule has 1 aliphatic carbocycles. The summed E-state index contributed by atoms with van der Waals surface area (Å²) in [6.45, 7) is 0. The van der Waals surface area contributed by atoms with Gasteiger partial charge >= 0.3 is 0 Å². The summed E-state index contributed by atoms with van der Waals surface area (Å²) in [5.41, 5.74) is 2.59. The lowest BCUT2D eigenvalue weighted by molar-refractivity contribution is 0.698. The lowest BCUT2D eigenvalue weighted by atomic mass is 10.0. The molecule has 1 heterocycles. The number of hydrogen-bond donors (Lipinski definition) is 1. The highest BCUT2D eigenvalue weighted by atomic mass is 35.5. The van der Waals surface area contributed by atoms with Crippen molar-refractivity contribution in [3.05, 3.63) is 55.2 Å². The van der Waals surface area contributed by atoms with Gasteiger partial charge in [0.25, 0.3) is 0 Å². The van der Waals surface area contributed by atoms with E-state index in [0.29, 0.717) is 10.0 Å². The Hall–Kier alpha value is -0.540. The minimum absolute atomic E-state index is 0.119. The van der Waals surface area contributed by atoms with Gasteiger partial charge in [-0.3, -0.25) is 0 Å². The van der Waals surface area contributed by atoms with Gasteiger partial charge in [-0.2, -0.15) is 0 Å². The molecular formula is C17H19Cl2NS. The predicted molar refractivity (Wildman–Crippen MR) is 92.9 cm³/mol. The lowest BCUT2D eigenvalue weighted by Gasteiger charge is -2.17. The average molecular weight is 340 g/mol. The normalized spacial score (nSPS) is 16.3. The lowest BCUT2D eigenvalue weighted by Crippen LogP contribution is -2.17. The molecule has 1 aromatic heterocycles. The third-order valence-electron chi connectivity index (χ3n) is 4.13. The summed E-state index contributed by atoms with van der Waals surface area (Å²) < 4.78 is 0. The van der Waals surface area contributed by atoms with Crippen LogP contribution in [0.3, 0.4) is 0 Å². The smallest absolute Gasteiger partial charge is 0.0683 e. The maximum Gasteiger partial charge on any atom is 0.0683 e. The van der Waals surface area contributed by atoms with Crippen molar-refractivity contribution in [3.8, 4) is 0 Å². The Balaban J connectivity index is 1.98. The Labute approximate surface area is 140 Å². The van der Waals surface area contributed by atoms with Crippen molar-refractivity contribution in [2.24, 2.45) is 0 Å². The maximum absolute atomic E-state index is 6.40. The van der Waals surface area contributed by atoms with Gasteiger partial charge in [-0.15, -0.1) is 11.3 Å². The average Bonchev–Trinajstić information content (AvgIpc) is 2.75. The monoisotopic (exact) mass is 339 g/mol. The summed E-state index contributed by atoms with van der Waals surface area (Å²) in [5, 5.41) is 4.67. The van der Waals surface area contributed by atoms with E-state index in [-0.39, 0.29) is 6.04 Å². The first-order chi connectivity index (χ1) is 10.2. The van der Waals surface area contributed by atoms with Crippen LogP contribution in [0.2, 0.25) is 10.0 Å². The summed E-state index contributed by atoms with van der Waals surface area (Å²) in [4.78, 5) is 2.90. The Bertz CT molecular complexity index is 612. The molecule has 0 spiro atoms. The molecule has 0 bridgehead atoms. The summed E-state index contributed by atoms with van der Waals surface area (Å²) in [6, 6.07) is 8.34. The van der Waals surface area contributed by atoms with Gasteiger partial charge in [-0.1, -0.05) is 41.8 Å². The highest BCUT2D eigenvalue weighted by Crippen LogP contribution is 2.38. The van der Waals surface area contributed by atoms with Crippen molar-refractivity contribution in [3.63, 3.8) is 0 Å². The first kappa shape index (κ1) is 15.4. The summed E-state index contributed by atoms with van der Waals surface area (Å²) in [5.74, 6) is 0. The Kier molecular flexibility index (Phi) is 4.90. The predicted octanol–water partition coefficient (Wildman–Crippen LogP) is 5.63. The SMILES string of the molecule is CNC(c1cc2c(s1)CCCCC2)c1cccc(Cl)c1Cl. The van der Waals surface area contributed by atoms with E-state index in [0.717, 1.165) is 5.56 Å². The van der Waals surface area contributed by atoms with E-state index in [1.165, 1.54) is 42.5 Å². The molecule has 1 nitrogen and oxygen atoms in total. The standard InChI is InChI=1S/C17H19Cl2NS/c1-20-17(12-7-5-8-13(18)16(12)19)15-10-11-6-3-2-4-9-14(11)21-15/h5,7-8,10,17,20H,2-4,6,9H2,1H3. The molecule has 0 aliphatic heterocycles. The summed E-state index contributed by atoms with van der Waals surface area (Å²) >= 11 is 14.5. The number of hydrogen-bond acceptors (Lipinski definition) is 2. The number of nitrogens with one attached hydrogen (secondary N) is 1. The van der Waals surface area contributed by atoms with Crippen molar-refractivity contribution >= 4 is 34.5 Å². The van der Waals surface area contributed by atoms with Gasteiger partial charge in [0.15, 0.2) is 0 Å². The van der Waals surface area contributed by atoms with Crippen LogP contribution in [0.25, 0.3) is 0 Å². The fourth-order valence-electron chi connectivity index (χ4n) is 3.03. The van der Waals surface area contributed by atoms with Crippen LogP contribution in [-0.2, 0) is 12.8 Å². The molecule has 21 heavy (non-hydrogen) atoms. The van der Waals surface area contributed by atoms with Crippen LogP contribution in [0.5, 0.6) is 0 Å². The fraction of sp³-hybridized carbons (Fsp3) is 0.412. The molecule has 1 atom stereocenters. The molecule has 1 N–H and O–H groups in total. The van der Waals surface area contributed by atoms with Crippen LogP contribution in [0.4, 0.5) is 0 Å². The molecule has 0 saturated heterocycles. The third-order valence-corrected chi connectivity index (χ3v) is 6.27. The van der Waals surface area contributed by atoms with Crippen molar-refractivity contribution in [1.29, 1.82) is 0 Å². The van der Waals surface area contributed by atoms with E-state index in [2.05, 4.69) is 17.4 Å². The number of benzene rings is 1. The van der Waals surface area contributed by atoms with Gasteiger partial charge in [-0.05, 0) is 56.0 Å². The second kappa shape index (κ2) is 6.70. The molecule has 2 aromatic rings. The Morgan fingerprint density at radius 1 is 1.14 bits per heavy atom. The highest BCUT2D eigenvalue weighted by molar-refractivity contribution is 7.12. The van der Waals surface area contributed by atoms with Crippen LogP contribution < -0.4 is 5.32 Å². The van der Waals surface area contributed by atoms with Crippen molar-refractivity contribution < 1.29 is 0 Å². The second-order valence-electron chi connectivity index (χ2n) is 5.52. The van der Waals surface area contributed by atoms with E-state index >= 15 is 0 Å². The highest BCUT2D eigenvalue weighted by Gasteiger charge is 2.21. The topological polar surface area (TPSA) is 12.0 Å². The van der Waals surface area contributed by atoms with Gasteiger partial charge in [0.1, 0.15) is 0 Å². The molecule has 0 fully saturated rings. The van der Waals surface area contributed by atoms with Crippen molar-refractivity contribution in [1.82, 2.24) is 5.32 Å². The quantitative estimate of drug-likeness (QED) is 0.714. The first-order valence-electron chi connectivity index (χ1n) is 7.43. The maximum atomic E-state index is 6.40. The van der Waals surface area contributed by atoms with Gasteiger partial charge in [0, 0.05) is 9.75 Å². The minimum atomic E-state index is 0.119. The molecule has 112 valence electrons. The first-order valence-corrected chi connectivity index (χ1v) is 9.00. The van der Waals surface area contributed by atoms with Crippen LogP contribution >= 0.6 is 34.5 Å². The number of thiophene rings is 1. The van der Waals surface area contributed by atoms with Crippen LogP contribution in [0, 0.1) is 0 Å². The van der Waals surface area contributed by atoms with Gasteiger partial charge < -0.3 is 5.32 Å². The number of halogens is 2. The minimum Gasteiger partial charge on any atom is -0.309 e. The zero-order chi connectivity index (χ0) is 14.8. The molecular weight excluding hydrogens is 321 g/mol. The van der Waals surface area contributed by atoms with Gasteiger partial charge in [0.05, 0.1) is 16.1 Å². The van der Waals surface area contributed by atoms with Crippen LogP contribution in [0.1, 0.15) is 46.2 Å². The summed E-state index contributed by atoms with van der Waals surface area (Å²) in [7, 11) is 1.98. The van der Waals surface area contributed by atoms with E-state index in [1.807, 2.05) is 30.5 Å². The fourth-order valence-corrected chi connectivity index (χ4v) is 4.83.